The van der Waals surface area contributed by atoms with Gasteiger partial charge >= 0.3 is 0 Å². The minimum atomic E-state index is -1.50. The van der Waals surface area contributed by atoms with E-state index in [1.807, 2.05) is 31.2 Å². The molecule has 0 unspecified atom stereocenters. The Balaban J connectivity index is 2.42. The highest BCUT2D eigenvalue weighted by Crippen LogP contribution is 2.13. The zero-order valence-electron chi connectivity index (χ0n) is 12.9. The van der Waals surface area contributed by atoms with Gasteiger partial charge < -0.3 is 0 Å². The molecule has 0 atom stereocenters. The van der Waals surface area contributed by atoms with Gasteiger partial charge in [0.25, 0.3) is 0 Å². The van der Waals surface area contributed by atoms with Gasteiger partial charge in [-0.2, -0.15) is 0 Å². The number of aromatic nitrogens is 1. The van der Waals surface area contributed by atoms with Crippen LogP contribution in [0.2, 0.25) is 19.6 Å². The van der Waals surface area contributed by atoms with Crippen molar-refractivity contribution in [1.29, 1.82) is 0 Å². The molecule has 1 aromatic carbocycles. The Bertz CT molecular complexity index is 715. The van der Waals surface area contributed by atoms with Gasteiger partial charge in [0.2, 0.25) is 0 Å². The van der Waals surface area contributed by atoms with E-state index < -0.39 is 8.07 Å². The monoisotopic (exact) mass is 293 g/mol. The van der Waals surface area contributed by atoms with E-state index in [0.29, 0.717) is 16.8 Å². The minimum absolute atomic E-state index is 0.0250. The zero-order chi connectivity index (χ0) is 15.5. The van der Waals surface area contributed by atoms with E-state index in [1.54, 1.807) is 18.3 Å². The van der Waals surface area contributed by atoms with E-state index in [1.165, 1.54) is 0 Å². The third-order valence-electron chi connectivity index (χ3n) is 2.92. The summed E-state index contributed by atoms with van der Waals surface area (Å²) in [6, 6.07) is 11.2. The van der Waals surface area contributed by atoms with Crippen LogP contribution in [0.25, 0.3) is 0 Å². The lowest BCUT2D eigenvalue weighted by molar-refractivity contribution is 0.103. The fourth-order valence-corrected chi connectivity index (χ4v) is 2.29. The maximum absolute atomic E-state index is 12.6. The first-order valence-corrected chi connectivity index (χ1v) is 10.5. The summed E-state index contributed by atoms with van der Waals surface area (Å²) in [4.78, 5) is 16.9. The van der Waals surface area contributed by atoms with Crippen LogP contribution in [0.15, 0.2) is 42.6 Å². The predicted octanol–water partition coefficient (Wildman–Crippen LogP) is 3.85. The van der Waals surface area contributed by atoms with Crippen LogP contribution in [-0.4, -0.2) is 18.8 Å². The Morgan fingerprint density at radius 1 is 1.10 bits per heavy atom. The summed E-state index contributed by atoms with van der Waals surface area (Å²) < 4.78 is 0. The maximum Gasteiger partial charge on any atom is 0.195 e. The quantitative estimate of drug-likeness (QED) is 0.478. The van der Waals surface area contributed by atoms with Crippen LogP contribution in [0.4, 0.5) is 0 Å². The first-order valence-electron chi connectivity index (χ1n) is 6.96. The lowest BCUT2D eigenvalue weighted by atomic mass is 10.0. The second-order valence-electron chi connectivity index (χ2n) is 6.09. The highest BCUT2D eigenvalue weighted by atomic mass is 28.3. The van der Waals surface area contributed by atoms with Crippen molar-refractivity contribution in [2.24, 2.45) is 0 Å². The number of aryl methyl sites for hydroxylation is 1. The molecule has 0 aliphatic rings. The normalized spacial score (nSPS) is 10.7. The van der Waals surface area contributed by atoms with Gasteiger partial charge in [0.05, 0.1) is 5.56 Å². The zero-order valence-corrected chi connectivity index (χ0v) is 13.9. The molecule has 0 saturated heterocycles. The molecule has 0 aliphatic carbocycles. The summed E-state index contributed by atoms with van der Waals surface area (Å²) in [6.45, 7) is 8.52. The smallest absolute Gasteiger partial charge is 0.195 e. The molecule has 1 aromatic heterocycles. The van der Waals surface area contributed by atoms with E-state index in [9.17, 15) is 4.79 Å². The summed E-state index contributed by atoms with van der Waals surface area (Å²) in [5, 5.41) is 0. The van der Waals surface area contributed by atoms with E-state index in [0.717, 1.165) is 5.56 Å². The van der Waals surface area contributed by atoms with Gasteiger partial charge in [-0.05, 0) is 19.1 Å². The number of carbonyl (C=O) groups is 1. The van der Waals surface area contributed by atoms with Crippen molar-refractivity contribution in [2.45, 2.75) is 26.6 Å². The molecule has 0 radical (unpaired) electrons. The summed E-state index contributed by atoms with van der Waals surface area (Å²) in [6.07, 6.45) is 1.68. The van der Waals surface area contributed by atoms with Crippen LogP contribution in [-0.2, 0) is 0 Å². The summed E-state index contributed by atoms with van der Waals surface area (Å²) in [5.74, 6) is 3.07. The Hall–Kier alpha value is -2.18. The molecule has 0 bridgehead atoms. The molecule has 3 heteroatoms. The SMILES string of the molecule is Cc1ccc(C(=O)c2cccnc2C#C[Si](C)(C)C)cc1. The van der Waals surface area contributed by atoms with Crippen LogP contribution in [0.3, 0.4) is 0 Å². The van der Waals surface area contributed by atoms with Gasteiger partial charge in [0.1, 0.15) is 13.8 Å². The molecule has 2 nitrogen and oxygen atoms in total. The number of pyridine rings is 1. The Kier molecular flexibility index (Phi) is 4.39. The molecule has 0 fully saturated rings. The molecule has 0 spiro atoms. The third kappa shape index (κ3) is 4.14. The van der Waals surface area contributed by atoms with Crippen molar-refractivity contribution in [3.63, 3.8) is 0 Å². The van der Waals surface area contributed by atoms with Crippen LogP contribution in [0, 0.1) is 18.4 Å². The summed E-state index contributed by atoms with van der Waals surface area (Å²) >= 11 is 0. The lowest BCUT2D eigenvalue weighted by Gasteiger charge is -2.06. The molecule has 2 aromatic rings. The number of carbonyl (C=O) groups excluding carboxylic acids is 1. The second kappa shape index (κ2) is 6.07. The molecule has 106 valence electrons. The Morgan fingerprint density at radius 3 is 2.38 bits per heavy atom. The van der Waals surface area contributed by atoms with E-state index in [-0.39, 0.29) is 5.78 Å². The fraction of sp³-hybridized carbons (Fsp3) is 0.222. The highest BCUT2D eigenvalue weighted by molar-refractivity contribution is 6.83. The van der Waals surface area contributed by atoms with Crippen molar-refractivity contribution in [3.8, 4) is 11.5 Å². The predicted molar refractivity (Wildman–Crippen MR) is 89.1 cm³/mol. The van der Waals surface area contributed by atoms with Crippen LogP contribution in [0.1, 0.15) is 27.2 Å². The number of nitrogens with zero attached hydrogens (tertiary/aromatic N) is 1. The van der Waals surface area contributed by atoms with Gasteiger partial charge in [0.15, 0.2) is 5.78 Å². The number of hydrogen-bond acceptors (Lipinski definition) is 2. The second-order valence-corrected chi connectivity index (χ2v) is 10.8. The average molecular weight is 293 g/mol. The van der Waals surface area contributed by atoms with Crippen LogP contribution < -0.4 is 0 Å². The van der Waals surface area contributed by atoms with Gasteiger partial charge in [-0.1, -0.05) is 55.4 Å². The van der Waals surface area contributed by atoms with Crippen LogP contribution >= 0.6 is 0 Å². The highest BCUT2D eigenvalue weighted by Gasteiger charge is 2.14. The molecule has 2 rings (SSSR count). The third-order valence-corrected chi connectivity index (χ3v) is 3.80. The molecular formula is C18H19NOSi. The number of benzene rings is 1. The van der Waals surface area contributed by atoms with Crippen molar-refractivity contribution >= 4 is 13.9 Å². The largest absolute Gasteiger partial charge is 0.289 e. The van der Waals surface area contributed by atoms with Gasteiger partial charge in [-0.25, -0.2) is 4.98 Å². The van der Waals surface area contributed by atoms with Crippen molar-refractivity contribution in [2.75, 3.05) is 0 Å². The topological polar surface area (TPSA) is 30.0 Å². The van der Waals surface area contributed by atoms with E-state index >= 15 is 0 Å². The summed E-state index contributed by atoms with van der Waals surface area (Å²) in [7, 11) is -1.50. The van der Waals surface area contributed by atoms with E-state index in [4.69, 9.17) is 0 Å². The standard InChI is InChI=1S/C18H19NOSi/c1-14-7-9-15(10-8-14)18(20)16-6-5-12-19-17(16)11-13-21(2,3)4/h5-10,12H,1-4H3. The molecule has 1 heterocycles. The van der Waals surface area contributed by atoms with Crippen LogP contribution in [0.5, 0.6) is 0 Å². The number of hydrogen-bond donors (Lipinski definition) is 0. The van der Waals surface area contributed by atoms with Crippen molar-refractivity contribution < 1.29 is 4.79 Å². The van der Waals surface area contributed by atoms with Gasteiger partial charge in [-0.3, -0.25) is 4.79 Å². The summed E-state index contributed by atoms with van der Waals surface area (Å²) in [5.41, 5.74) is 6.23. The minimum Gasteiger partial charge on any atom is -0.289 e. The number of ketones is 1. The van der Waals surface area contributed by atoms with Crippen molar-refractivity contribution in [1.82, 2.24) is 4.98 Å². The Labute approximate surface area is 127 Å². The molecular weight excluding hydrogens is 274 g/mol. The maximum atomic E-state index is 12.6. The lowest BCUT2D eigenvalue weighted by Crippen LogP contribution is -2.16. The molecule has 0 amide bonds. The molecule has 0 aliphatic heterocycles. The number of rotatable bonds is 2. The first-order chi connectivity index (χ1) is 9.87. The first kappa shape index (κ1) is 15.2. The van der Waals surface area contributed by atoms with Crippen molar-refractivity contribution in [3.05, 3.63) is 65.0 Å². The molecule has 0 N–H and O–H groups in total. The average Bonchev–Trinajstić information content (AvgIpc) is 2.45. The van der Waals surface area contributed by atoms with Gasteiger partial charge in [0, 0.05) is 11.8 Å². The van der Waals surface area contributed by atoms with E-state index in [2.05, 4.69) is 36.1 Å². The Morgan fingerprint density at radius 2 is 1.76 bits per heavy atom. The fourth-order valence-electron chi connectivity index (χ4n) is 1.80. The molecule has 0 saturated carbocycles. The molecule has 21 heavy (non-hydrogen) atoms. The van der Waals surface area contributed by atoms with Gasteiger partial charge in [-0.15, -0.1) is 5.54 Å².